The summed E-state index contributed by atoms with van der Waals surface area (Å²) in [6.45, 7) is 2.21. The lowest BCUT2D eigenvalue weighted by Gasteiger charge is -2.22. The molecule has 1 aliphatic carbocycles. The number of likely N-dealkylation sites (N-methyl/N-ethyl adjacent to an activating group) is 1. The minimum Gasteiger partial charge on any atom is -0.480 e. The van der Waals surface area contributed by atoms with Crippen LogP contribution in [0.3, 0.4) is 0 Å². The third kappa shape index (κ3) is 4.01. The van der Waals surface area contributed by atoms with Crippen LogP contribution in [-0.4, -0.2) is 36.1 Å². The van der Waals surface area contributed by atoms with Crippen LogP contribution in [0.5, 0.6) is 0 Å². The van der Waals surface area contributed by atoms with Crippen molar-refractivity contribution in [2.24, 2.45) is 5.92 Å². The van der Waals surface area contributed by atoms with Crippen molar-refractivity contribution in [3.8, 4) is 0 Å². The summed E-state index contributed by atoms with van der Waals surface area (Å²) in [6, 6.07) is 4.99. The van der Waals surface area contributed by atoms with Crippen LogP contribution in [0.2, 0.25) is 0 Å². The number of benzene rings is 1. The average Bonchev–Trinajstić information content (AvgIpc) is 3.26. The second-order valence-corrected chi connectivity index (χ2v) is 5.15. The van der Waals surface area contributed by atoms with Gasteiger partial charge in [-0.15, -0.1) is 0 Å². The Kier molecular flexibility index (Phi) is 4.90. The van der Waals surface area contributed by atoms with Crippen LogP contribution in [0.15, 0.2) is 24.3 Å². The van der Waals surface area contributed by atoms with Gasteiger partial charge in [-0.2, -0.15) is 0 Å². The molecule has 2 N–H and O–H groups in total. The molecule has 0 bridgehead atoms. The van der Waals surface area contributed by atoms with Crippen molar-refractivity contribution in [2.45, 2.75) is 25.8 Å². The lowest BCUT2D eigenvalue weighted by molar-refractivity contribution is -0.140. The van der Waals surface area contributed by atoms with E-state index in [4.69, 9.17) is 5.11 Å². The molecular formula is C15H19FN2O3. The summed E-state index contributed by atoms with van der Waals surface area (Å²) in [6.07, 6.45) is 1.77. The summed E-state index contributed by atoms with van der Waals surface area (Å²) in [5.41, 5.74) is 0.601. The van der Waals surface area contributed by atoms with E-state index in [0.717, 1.165) is 12.8 Å². The van der Waals surface area contributed by atoms with E-state index in [1.54, 1.807) is 0 Å². The number of hydrogen-bond donors (Lipinski definition) is 2. The Hall–Kier alpha value is -1.95. The minimum absolute atomic E-state index is 0.0430. The van der Waals surface area contributed by atoms with Crippen LogP contribution in [0, 0.1) is 11.7 Å². The highest BCUT2D eigenvalue weighted by Crippen LogP contribution is 2.32. The van der Waals surface area contributed by atoms with Crippen molar-refractivity contribution in [1.29, 1.82) is 0 Å². The van der Waals surface area contributed by atoms with Gasteiger partial charge in [-0.1, -0.05) is 0 Å². The Morgan fingerprint density at radius 2 is 2.00 bits per heavy atom. The lowest BCUT2D eigenvalue weighted by Crippen LogP contribution is -2.45. The predicted octanol–water partition coefficient (Wildman–Crippen LogP) is 1.63. The average molecular weight is 294 g/mol. The van der Waals surface area contributed by atoms with Gasteiger partial charge in [-0.05, 0) is 49.9 Å². The summed E-state index contributed by atoms with van der Waals surface area (Å²) in [5.74, 6) is -1.39. The van der Waals surface area contributed by atoms with Gasteiger partial charge in [0.2, 0.25) is 5.91 Å². The summed E-state index contributed by atoms with van der Waals surface area (Å²) < 4.78 is 12.9. The third-order valence-corrected chi connectivity index (χ3v) is 3.59. The highest BCUT2D eigenvalue weighted by atomic mass is 19.1. The van der Waals surface area contributed by atoms with E-state index in [1.165, 1.54) is 29.2 Å². The molecule has 5 nitrogen and oxygen atoms in total. The monoisotopic (exact) mass is 294 g/mol. The number of halogens is 1. The Labute approximate surface area is 122 Å². The van der Waals surface area contributed by atoms with Crippen LogP contribution in [0.4, 0.5) is 10.1 Å². The number of carbonyl (C=O) groups excluding carboxylic acids is 1. The van der Waals surface area contributed by atoms with Gasteiger partial charge in [0.05, 0.1) is 6.54 Å². The van der Waals surface area contributed by atoms with Gasteiger partial charge in [-0.3, -0.25) is 14.9 Å². The minimum atomic E-state index is -0.921. The smallest absolute Gasteiger partial charge is 0.320 e. The van der Waals surface area contributed by atoms with Gasteiger partial charge in [0.25, 0.3) is 0 Å². The first-order valence-electron chi connectivity index (χ1n) is 7.05. The molecule has 0 aromatic heterocycles. The van der Waals surface area contributed by atoms with Crippen molar-refractivity contribution >= 4 is 17.6 Å². The lowest BCUT2D eigenvalue weighted by atomic mass is 10.2. The largest absolute Gasteiger partial charge is 0.480 e. The molecule has 0 heterocycles. The molecule has 1 fully saturated rings. The molecule has 1 aliphatic rings. The summed E-state index contributed by atoms with van der Waals surface area (Å²) >= 11 is 0. The van der Waals surface area contributed by atoms with Gasteiger partial charge in [0.1, 0.15) is 11.9 Å². The fourth-order valence-corrected chi connectivity index (χ4v) is 2.30. The van der Waals surface area contributed by atoms with Crippen molar-refractivity contribution in [2.75, 3.05) is 18.0 Å². The highest BCUT2D eigenvalue weighted by Gasteiger charge is 2.36. The zero-order valence-electron chi connectivity index (χ0n) is 11.9. The number of amides is 1. The highest BCUT2D eigenvalue weighted by molar-refractivity contribution is 5.95. The number of nitrogens with zero attached hydrogens (tertiary/aromatic N) is 1. The number of nitrogens with one attached hydrogen (secondary N) is 1. The Balaban J connectivity index is 1.96. The van der Waals surface area contributed by atoms with Crippen LogP contribution in [0.25, 0.3) is 0 Å². The fraction of sp³-hybridized carbons (Fsp3) is 0.467. The summed E-state index contributed by atoms with van der Waals surface area (Å²) in [4.78, 5) is 24.8. The zero-order valence-corrected chi connectivity index (χ0v) is 11.9. The van der Waals surface area contributed by atoms with Crippen LogP contribution >= 0.6 is 0 Å². The van der Waals surface area contributed by atoms with Crippen molar-refractivity contribution in [3.63, 3.8) is 0 Å². The second-order valence-electron chi connectivity index (χ2n) is 5.15. The first-order valence-corrected chi connectivity index (χ1v) is 7.05. The normalized spacial score (nSPS) is 15.5. The molecule has 0 saturated heterocycles. The molecule has 1 aromatic rings. The Morgan fingerprint density at radius 1 is 1.38 bits per heavy atom. The van der Waals surface area contributed by atoms with E-state index in [9.17, 15) is 14.0 Å². The molecule has 1 aromatic carbocycles. The summed E-state index contributed by atoms with van der Waals surface area (Å²) in [5, 5.41) is 11.9. The Morgan fingerprint density at radius 3 is 2.48 bits per heavy atom. The second kappa shape index (κ2) is 6.67. The van der Waals surface area contributed by atoms with Crippen molar-refractivity contribution in [1.82, 2.24) is 5.32 Å². The number of rotatable bonds is 7. The van der Waals surface area contributed by atoms with E-state index >= 15 is 0 Å². The van der Waals surface area contributed by atoms with Gasteiger partial charge < -0.3 is 10.0 Å². The Bertz CT molecular complexity index is 514. The van der Waals surface area contributed by atoms with Crippen LogP contribution in [-0.2, 0) is 9.59 Å². The molecule has 1 saturated carbocycles. The molecule has 1 atom stereocenters. The van der Waals surface area contributed by atoms with Crippen LogP contribution in [0.1, 0.15) is 19.8 Å². The fourth-order valence-electron chi connectivity index (χ4n) is 2.30. The first-order chi connectivity index (χ1) is 10.0. The van der Waals surface area contributed by atoms with Gasteiger partial charge in [-0.25, -0.2) is 4.39 Å². The standard InChI is InChI=1S/C15H19FN2O3/c1-2-18(12-7-5-11(16)6-8-12)13(19)9-17-14(15(20)21)10-3-4-10/h5-8,10,14,17H,2-4,9H2,1H3,(H,20,21). The quantitative estimate of drug-likeness (QED) is 0.802. The topological polar surface area (TPSA) is 69.6 Å². The van der Waals surface area contributed by atoms with E-state index in [2.05, 4.69) is 5.32 Å². The molecule has 0 radical (unpaired) electrons. The van der Waals surface area contributed by atoms with Gasteiger partial charge in [0, 0.05) is 12.2 Å². The molecule has 114 valence electrons. The maximum absolute atomic E-state index is 12.9. The number of aliphatic carboxylic acids is 1. The molecule has 6 heteroatoms. The first kappa shape index (κ1) is 15.4. The summed E-state index contributed by atoms with van der Waals surface area (Å²) in [7, 11) is 0. The van der Waals surface area contributed by atoms with Gasteiger partial charge in [0.15, 0.2) is 0 Å². The number of carboxylic acids is 1. The number of hydrogen-bond acceptors (Lipinski definition) is 3. The molecule has 1 amide bonds. The number of carbonyl (C=O) groups is 2. The van der Waals surface area contributed by atoms with E-state index in [-0.39, 0.29) is 24.2 Å². The number of carboxylic acid groups (broad SMARTS) is 1. The van der Waals surface area contributed by atoms with Gasteiger partial charge >= 0.3 is 5.97 Å². The van der Waals surface area contributed by atoms with Crippen molar-refractivity contribution < 1.29 is 19.1 Å². The van der Waals surface area contributed by atoms with Crippen LogP contribution < -0.4 is 10.2 Å². The predicted molar refractivity (Wildman–Crippen MR) is 76.6 cm³/mol. The maximum Gasteiger partial charge on any atom is 0.320 e. The zero-order chi connectivity index (χ0) is 15.4. The molecule has 0 aliphatic heterocycles. The molecular weight excluding hydrogens is 275 g/mol. The third-order valence-electron chi connectivity index (χ3n) is 3.59. The number of anilines is 1. The van der Waals surface area contributed by atoms with E-state index < -0.39 is 12.0 Å². The van der Waals surface area contributed by atoms with E-state index in [1.807, 2.05) is 6.92 Å². The van der Waals surface area contributed by atoms with Crippen molar-refractivity contribution in [3.05, 3.63) is 30.1 Å². The SMILES string of the molecule is CCN(C(=O)CNC(C(=O)O)C1CC1)c1ccc(F)cc1. The molecule has 0 spiro atoms. The molecule has 1 unspecified atom stereocenters. The van der Waals surface area contributed by atoms with E-state index in [0.29, 0.717) is 12.2 Å². The maximum atomic E-state index is 12.9. The molecule has 2 rings (SSSR count). The molecule has 21 heavy (non-hydrogen) atoms.